The maximum Gasteiger partial charge on any atom is 0.418 e. The van der Waals surface area contributed by atoms with Crippen LogP contribution in [0.15, 0.2) is 18.2 Å². The third kappa shape index (κ3) is 4.72. The van der Waals surface area contributed by atoms with Crippen LogP contribution in [0, 0.1) is 0 Å². The van der Waals surface area contributed by atoms with Crippen LogP contribution in [0.25, 0.3) is 0 Å². The molecule has 1 aromatic rings. The molecule has 0 heterocycles. The number of ether oxygens (including phenoxy) is 1. The average molecular weight is 296 g/mol. The minimum Gasteiger partial charge on any atom is -0.372 e. The van der Waals surface area contributed by atoms with Gasteiger partial charge in [0, 0.05) is 6.61 Å². The van der Waals surface area contributed by atoms with Crippen molar-refractivity contribution in [3.05, 3.63) is 28.8 Å². The van der Waals surface area contributed by atoms with Crippen LogP contribution in [0.4, 0.5) is 18.9 Å². The van der Waals surface area contributed by atoms with Crippen molar-refractivity contribution in [3.63, 3.8) is 0 Å². The van der Waals surface area contributed by atoms with Crippen molar-refractivity contribution in [2.45, 2.75) is 19.5 Å². The zero-order chi connectivity index (χ0) is 14.5. The topological polar surface area (TPSA) is 38.3 Å². The first kappa shape index (κ1) is 15.8. The molecule has 1 N–H and O–H groups in total. The standard InChI is InChI=1S/C12H13ClF3NO2/c1-2-6-19-7-10(18)17-11-8(12(14,15)16)4-3-5-9(11)13/h3-5H,2,6-7H2,1H3,(H,17,18). The molecule has 3 nitrogen and oxygen atoms in total. The first-order valence-electron chi connectivity index (χ1n) is 5.59. The molecule has 0 fully saturated rings. The number of hydrogen-bond acceptors (Lipinski definition) is 2. The molecule has 0 aliphatic rings. The number of carbonyl (C=O) groups excluding carboxylic acids is 1. The average Bonchev–Trinajstić information content (AvgIpc) is 2.30. The van der Waals surface area contributed by atoms with E-state index < -0.39 is 23.3 Å². The lowest BCUT2D eigenvalue weighted by molar-refractivity contribution is -0.137. The maximum absolute atomic E-state index is 12.7. The summed E-state index contributed by atoms with van der Waals surface area (Å²) in [7, 11) is 0. The fraction of sp³-hybridized carbons (Fsp3) is 0.417. The van der Waals surface area contributed by atoms with Gasteiger partial charge in [0.1, 0.15) is 6.61 Å². The van der Waals surface area contributed by atoms with Gasteiger partial charge < -0.3 is 10.1 Å². The van der Waals surface area contributed by atoms with Crippen LogP contribution in [-0.4, -0.2) is 19.1 Å². The van der Waals surface area contributed by atoms with Crippen LogP contribution in [0.3, 0.4) is 0 Å². The van der Waals surface area contributed by atoms with Crippen molar-refractivity contribution in [2.75, 3.05) is 18.5 Å². The van der Waals surface area contributed by atoms with Gasteiger partial charge in [0.15, 0.2) is 0 Å². The summed E-state index contributed by atoms with van der Waals surface area (Å²) in [6.45, 7) is 1.91. The maximum atomic E-state index is 12.7. The first-order chi connectivity index (χ1) is 8.86. The Labute approximate surface area is 113 Å². The Morgan fingerprint density at radius 2 is 2.11 bits per heavy atom. The molecule has 0 aromatic heterocycles. The summed E-state index contributed by atoms with van der Waals surface area (Å²) in [5, 5.41) is 1.96. The molecule has 0 aliphatic heterocycles. The number of rotatable bonds is 5. The number of benzene rings is 1. The highest BCUT2D eigenvalue weighted by Gasteiger charge is 2.34. The molecule has 1 amide bonds. The van der Waals surface area contributed by atoms with Gasteiger partial charge in [0.2, 0.25) is 5.91 Å². The lowest BCUT2D eigenvalue weighted by Gasteiger charge is -2.15. The van der Waals surface area contributed by atoms with Crippen LogP contribution >= 0.6 is 11.6 Å². The van der Waals surface area contributed by atoms with Crippen molar-refractivity contribution in [1.82, 2.24) is 0 Å². The number of alkyl halides is 3. The molecule has 0 spiro atoms. The molecular weight excluding hydrogens is 283 g/mol. The Morgan fingerprint density at radius 3 is 2.68 bits per heavy atom. The Morgan fingerprint density at radius 1 is 1.42 bits per heavy atom. The highest BCUT2D eigenvalue weighted by Crippen LogP contribution is 2.38. The Hall–Kier alpha value is -1.27. The van der Waals surface area contributed by atoms with Gasteiger partial charge >= 0.3 is 6.18 Å². The summed E-state index contributed by atoms with van der Waals surface area (Å²) in [6, 6.07) is 3.31. The molecule has 106 valence electrons. The lowest BCUT2D eigenvalue weighted by Crippen LogP contribution is -2.21. The third-order valence-electron chi connectivity index (χ3n) is 2.17. The van der Waals surface area contributed by atoms with E-state index in [1.54, 1.807) is 0 Å². The van der Waals surface area contributed by atoms with E-state index in [4.69, 9.17) is 16.3 Å². The zero-order valence-corrected chi connectivity index (χ0v) is 10.9. The van der Waals surface area contributed by atoms with Gasteiger partial charge in [-0.2, -0.15) is 13.2 Å². The summed E-state index contributed by atoms with van der Waals surface area (Å²) in [4.78, 5) is 11.5. The number of anilines is 1. The molecule has 1 rings (SSSR count). The largest absolute Gasteiger partial charge is 0.418 e. The van der Waals surface area contributed by atoms with Gasteiger partial charge in [-0.1, -0.05) is 24.6 Å². The second-order valence-electron chi connectivity index (χ2n) is 3.76. The van der Waals surface area contributed by atoms with E-state index in [9.17, 15) is 18.0 Å². The van der Waals surface area contributed by atoms with Gasteiger partial charge in [-0.15, -0.1) is 0 Å². The van der Waals surface area contributed by atoms with E-state index in [-0.39, 0.29) is 11.6 Å². The smallest absolute Gasteiger partial charge is 0.372 e. The molecule has 0 saturated heterocycles. The number of amides is 1. The predicted octanol–water partition coefficient (Wildman–Crippen LogP) is 3.72. The molecule has 0 atom stereocenters. The van der Waals surface area contributed by atoms with E-state index in [2.05, 4.69) is 5.32 Å². The molecule has 0 aliphatic carbocycles. The predicted molar refractivity (Wildman–Crippen MR) is 66.2 cm³/mol. The molecule has 7 heteroatoms. The molecule has 0 unspecified atom stereocenters. The van der Waals surface area contributed by atoms with Crippen LogP contribution in [-0.2, 0) is 15.7 Å². The van der Waals surface area contributed by atoms with Gasteiger partial charge in [-0.05, 0) is 18.6 Å². The van der Waals surface area contributed by atoms with E-state index in [0.29, 0.717) is 13.0 Å². The number of halogens is 4. The Balaban J connectivity index is 2.85. The lowest BCUT2D eigenvalue weighted by atomic mass is 10.1. The minimum atomic E-state index is -4.59. The van der Waals surface area contributed by atoms with E-state index in [0.717, 1.165) is 6.07 Å². The SMILES string of the molecule is CCCOCC(=O)Nc1c(Cl)cccc1C(F)(F)F. The van der Waals surface area contributed by atoms with E-state index in [1.807, 2.05) is 6.92 Å². The van der Waals surface area contributed by atoms with Crippen molar-refractivity contribution in [1.29, 1.82) is 0 Å². The van der Waals surface area contributed by atoms with Crippen molar-refractivity contribution >= 4 is 23.2 Å². The summed E-state index contributed by atoms with van der Waals surface area (Å²) < 4.78 is 43.2. The molecule has 1 aromatic carbocycles. The van der Waals surface area contributed by atoms with E-state index >= 15 is 0 Å². The number of nitrogens with one attached hydrogen (secondary N) is 1. The summed E-state index contributed by atoms with van der Waals surface area (Å²) in [5.74, 6) is -0.674. The fourth-order valence-electron chi connectivity index (χ4n) is 1.37. The minimum absolute atomic E-state index is 0.168. The Kier molecular flexibility index (Phi) is 5.62. The van der Waals surface area contributed by atoms with Crippen LogP contribution in [0.2, 0.25) is 5.02 Å². The summed E-state index contributed by atoms with van der Waals surface area (Å²) in [5.41, 5.74) is -1.43. The van der Waals surface area contributed by atoms with Crippen LogP contribution < -0.4 is 5.32 Å². The van der Waals surface area contributed by atoms with Gasteiger partial charge in [-0.3, -0.25) is 4.79 Å². The highest BCUT2D eigenvalue weighted by atomic mass is 35.5. The number of carbonyl (C=O) groups is 1. The normalized spacial score (nSPS) is 11.4. The van der Waals surface area contributed by atoms with Gasteiger partial charge in [-0.25, -0.2) is 0 Å². The fourth-order valence-corrected chi connectivity index (χ4v) is 1.59. The highest BCUT2D eigenvalue weighted by molar-refractivity contribution is 6.34. The first-order valence-corrected chi connectivity index (χ1v) is 5.97. The van der Waals surface area contributed by atoms with Crippen LogP contribution in [0.5, 0.6) is 0 Å². The second kappa shape index (κ2) is 6.77. The summed E-state index contributed by atoms with van der Waals surface area (Å²) >= 11 is 5.69. The van der Waals surface area contributed by atoms with Crippen LogP contribution in [0.1, 0.15) is 18.9 Å². The molecule has 19 heavy (non-hydrogen) atoms. The van der Waals surface area contributed by atoms with Gasteiger partial charge in [0.25, 0.3) is 0 Å². The molecule has 0 bridgehead atoms. The molecule has 0 saturated carbocycles. The van der Waals surface area contributed by atoms with Crippen molar-refractivity contribution in [2.24, 2.45) is 0 Å². The monoisotopic (exact) mass is 295 g/mol. The molecular formula is C12H13ClF3NO2. The Bertz CT molecular complexity index is 449. The van der Waals surface area contributed by atoms with Crippen molar-refractivity contribution < 1.29 is 22.7 Å². The quantitative estimate of drug-likeness (QED) is 0.841. The third-order valence-corrected chi connectivity index (χ3v) is 2.48. The second-order valence-corrected chi connectivity index (χ2v) is 4.17. The van der Waals surface area contributed by atoms with E-state index in [1.165, 1.54) is 12.1 Å². The number of hydrogen-bond donors (Lipinski definition) is 1. The molecule has 0 radical (unpaired) electrons. The van der Waals surface area contributed by atoms with Crippen molar-refractivity contribution in [3.8, 4) is 0 Å². The summed E-state index contributed by atoms with van der Waals surface area (Å²) in [6.07, 6.45) is -3.87. The zero-order valence-electron chi connectivity index (χ0n) is 10.2. The van der Waals surface area contributed by atoms with Gasteiger partial charge in [0.05, 0.1) is 16.3 Å². The number of para-hydroxylation sites is 1.